The van der Waals surface area contributed by atoms with E-state index in [1.165, 1.54) is 0 Å². The minimum atomic E-state index is -0.982. The van der Waals surface area contributed by atoms with Gasteiger partial charge in [0.2, 0.25) is 0 Å². The van der Waals surface area contributed by atoms with Crippen LogP contribution < -0.4 is 0 Å². The van der Waals surface area contributed by atoms with Crippen molar-refractivity contribution in [1.82, 2.24) is 0 Å². The van der Waals surface area contributed by atoms with Crippen molar-refractivity contribution in [1.29, 1.82) is 0 Å². The minimum Gasteiger partial charge on any atom is -0.458 e. The van der Waals surface area contributed by atoms with E-state index in [1.54, 1.807) is 20.8 Å². The molecule has 2 aliphatic rings. The SMILES string of the molecule is C=C(C)C(=O)OC1CCC2(C(C)(C)OCC(C)(C)O)CC1OC2=O. The van der Waals surface area contributed by atoms with Gasteiger partial charge in [-0.25, -0.2) is 4.79 Å². The largest absolute Gasteiger partial charge is 0.458 e. The molecule has 0 radical (unpaired) electrons. The normalized spacial score (nSPS) is 30.0. The van der Waals surface area contributed by atoms with Gasteiger partial charge in [0.05, 0.1) is 17.8 Å². The first-order valence-electron chi connectivity index (χ1n) is 8.32. The van der Waals surface area contributed by atoms with Crippen LogP contribution in [0.4, 0.5) is 0 Å². The number of esters is 2. The highest BCUT2D eigenvalue weighted by atomic mass is 16.6. The molecule has 3 atom stereocenters. The molecule has 1 saturated carbocycles. The number of carbonyl (C=O) groups excluding carboxylic acids is 2. The second-order valence-corrected chi connectivity index (χ2v) is 8.10. The summed E-state index contributed by atoms with van der Waals surface area (Å²) < 4.78 is 16.8. The topological polar surface area (TPSA) is 82.1 Å². The molecule has 1 heterocycles. The average molecular weight is 340 g/mol. The Balaban J connectivity index is 2.12. The summed E-state index contributed by atoms with van der Waals surface area (Å²) in [5.41, 5.74) is -2.23. The molecule has 2 bridgehead atoms. The van der Waals surface area contributed by atoms with Gasteiger partial charge in [0.25, 0.3) is 0 Å². The molecular formula is C18H28O6. The minimum absolute atomic E-state index is 0.119. The van der Waals surface area contributed by atoms with Crippen molar-refractivity contribution in [2.75, 3.05) is 6.61 Å². The Labute approximate surface area is 143 Å². The highest BCUT2D eigenvalue weighted by Gasteiger charge is 2.63. The molecule has 1 aliphatic heterocycles. The van der Waals surface area contributed by atoms with Gasteiger partial charge in [-0.1, -0.05) is 6.58 Å². The zero-order valence-corrected chi connectivity index (χ0v) is 15.2. The fourth-order valence-corrected chi connectivity index (χ4v) is 3.37. The Morgan fingerprint density at radius 2 is 2.04 bits per heavy atom. The molecule has 6 heteroatoms. The molecule has 2 rings (SSSR count). The van der Waals surface area contributed by atoms with Gasteiger partial charge in [0.15, 0.2) is 0 Å². The fourth-order valence-electron chi connectivity index (χ4n) is 3.37. The quantitative estimate of drug-likeness (QED) is 0.589. The summed E-state index contributed by atoms with van der Waals surface area (Å²) in [6.07, 6.45) is 0.581. The standard InChI is InChI=1S/C18H28O6/c1-11(2)14(19)23-12-7-8-18(9-13(12)24-15(18)20)17(5,6)22-10-16(3,4)21/h12-13,21H,1,7-10H2,2-6H3. The first-order valence-corrected chi connectivity index (χ1v) is 8.32. The van der Waals surface area contributed by atoms with Gasteiger partial charge in [-0.3, -0.25) is 4.79 Å². The van der Waals surface area contributed by atoms with Crippen LogP contribution >= 0.6 is 0 Å². The van der Waals surface area contributed by atoms with Crippen LogP contribution in [0, 0.1) is 5.41 Å². The molecule has 1 saturated heterocycles. The molecule has 1 aliphatic carbocycles. The van der Waals surface area contributed by atoms with E-state index in [0.717, 1.165) is 0 Å². The van der Waals surface area contributed by atoms with Crippen LogP contribution in [-0.4, -0.2) is 47.1 Å². The average Bonchev–Trinajstić information content (AvgIpc) is 2.73. The third kappa shape index (κ3) is 3.49. The molecular weight excluding hydrogens is 312 g/mol. The summed E-state index contributed by atoms with van der Waals surface area (Å²) >= 11 is 0. The van der Waals surface area contributed by atoms with Gasteiger partial charge >= 0.3 is 11.9 Å². The Hall–Kier alpha value is -1.40. The number of ether oxygens (including phenoxy) is 3. The van der Waals surface area contributed by atoms with Crippen LogP contribution in [0.5, 0.6) is 0 Å². The predicted octanol–water partition coefficient (Wildman–Crippen LogP) is 2.14. The van der Waals surface area contributed by atoms with Crippen molar-refractivity contribution in [2.45, 2.75) is 77.3 Å². The zero-order chi connectivity index (χ0) is 18.3. The van der Waals surface area contributed by atoms with E-state index in [4.69, 9.17) is 14.2 Å². The van der Waals surface area contributed by atoms with E-state index in [0.29, 0.717) is 24.8 Å². The molecule has 3 unspecified atom stereocenters. The molecule has 6 nitrogen and oxygen atoms in total. The summed E-state index contributed by atoms with van der Waals surface area (Å²) in [5.74, 6) is -0.782. The van der Waals surface area contributed by atoms with Crippen molar-refractivity contribution in [2.24, 2.45) is 5.41 Å². The molecule has 0 aromatic rings. The summed E-state index contributed by atoms with van der Waals surface area (Å²) in [7, 11) is 0. The van der Waals surface area contributed by atoms with Gasteiger partial charge < -0.3 is 19.3 Å². The summed E-state index contributed by atoms with van der Waals surface area (Å²) in [6.45, 7) is 12.3. The number of fused-ring (bicyclic) bond motifs is 2. The monoisotopic (exact) mass is 340 g/mol. The van der Waals surface area contributed by atoms with Crippen LogP contribution in [0.2, 0.25) is 0 Å². The van der Waals surface area contributed by atoms with Crippen LogP contribution in [-0.2, 0) is 23.8 Å². The highest BCUT2D eigenvalue weighted by Crippen LogP contribution is 2.53. The van der Waals surface area contributed by atoms with Crippen molar-refractivity contribution >= 4 is 11.9 Å². The summed E-state index contributed by atoms with van der Waals surface area (Å²) in [6, 6.07) is 0. The van der Waals surface area contributed by atoms with Crippen molar-refractivity contribution in [3.05, 3.63) is 12.2 Å². The van der Waals surface area contributed by atoms with Gasteiger partial charge in [0, 0.05) is 12.0 Å². The molecule has 2 fully saturated rings. The lowest BCUT2D eigenvalue weighted by molar-refractivity contribution is -0.176. The molecule has 0 aromatic heterocycles. The fraction of sp³-hybridized carbons (Fsp3) is 0.778. The van der Waals surface area contributed by atoms with E-state index in [2.05, 4.69) is 6.58 Å². The second-order valence-electron chi connectivity index (χ2n) is 8.10. The second kappa shape index (κ2) is 6.15. The Kier molecular flexibility index (Phi) is 4.85. The highest BCUT2D eigenvalue weighted by molar-refractivity contribution is 5.87. The number of rotatable bonds is 6. The maximum Gasteiger partial charge on any atom is 0.333 e. The van der Waals surface area contributed by atoms with Crippen LogP contribution in [0.25, 0.3) is 0 Å². The van der Waals surface area contributed by atoms with Crippen LogP contribution in [0.1, 0.15) is 53.9 Å². The lowest BCUT2D eigenvalue weighted by atomic mass is 9.64. The molecule has 0 spiro atoms. The molecule has 1 N–H and O–H groups in total. The van der Waals surface area contributed by atoms with E-state index in [9.17, 15) is 14.7 Å². The lowest BCUT2D eigenvalue weighted by Crippen LogP contribution is -2.53. The van der Waals surface area contributed by atoms with Gasteiger partial charge in [0.1, 0.15) is 17.6 Å². The summed E-state index contributed by atoms with van der Waals surface area (Å²) in [4.78, 5) is 24.3. The molecule has 0 aromatic carbocycles. The Morgan fingerprint density at radius 3 is 2.58 bits per heavy atom. The predicted molar refractivity (Wildman–Crippen MR) is 87.2 cm³/mol. The number of hydrogen-bond donors (Lipinski definition) is 1. The van der Waals surface area contributed by atoms with Crippen molar-refractivity contribution < 1.29 is 28.9 Å². The maximum atomic E-state index is 12.6. The van der Waals surface area contributed by atoms with Crippen molar-refractivity contribution in [3.8, 4) is 0 Å². The number of hydrogen-bond acceptors (Lipinski definition) is 6. The van der Waals surface area contributed by atoms with E-state index < -0.39 is 34.8 Å². The summed E-state index contributed by atoms with van der Waals surface area (Å²) in [5, 5.41) is 9.90. The smallest absolute Gasteiger partial charge is 0.333 e. The first-order chi connectivity index (χ1) is 10.9. The van der Waals surface area contributed by atoms with Crippen LogP contribution in [0.3, 0.4) is 0 Å². The Morgan fingerprint density at radius 1 is 1.42 bits per heavy atom. The van der Waals surface area contributed by atoms with Gasteiger partial charge in [-0.05, 0) is 47.5 Å². The third-order valence-electron chi connectivity index (χ3n) is 5.01. The maximum absolute atomic E-state index is 12.6. The third-order valence-corrected chi connectivity index (χ3v) is 5.01. The van der Waals surface area contributed by atoms with E-state index in [-0.39, 0.29) is 12.6 Å². The molecule has 0 amide bonds. The lowest BCUT2D eigenvalue weighted by Gasteiger charge is -2.44. The zero-order valence-electron chi connectivity index (χ0n) is 15.2. The van der Waals surface area contributed by atoms with Gasteiger partial charge in [-0.2, -0.15) is 0 Å². The van der Waals surface area contributed by atoms with Crippen molar-refractivity contribution in [3.63, 3.8) is 0 Å². The van der Waals surface area contributed by atoms with Crippen LogP contribution in [0.15, 0.2) is 12.2 Å². The number of carbonyl (C=O) groups is 2. The Bertz CT molecular complexity index is 544. The number of aliphatic hydroxyl groups is 1. The van der Waals surface area contributed by atoms with Gasteiger partial charge in [-0.15, -0.1) is 0 Å². The van der Waals surface area contributed by atoms with E-state index in [1.807, 2.05) is 13.8 Å². The molecule has 24 heavy (non-hydrogen) atoms. The first kappa shape index (κ1) is 18.9. The van der Waals surface area contributed by atoms with E-state index >= 15 is 0 Å². The molecule has 136 valence electrons.